The van der Waals surface area contributed by atoms with Crippen LogP contribution in [0.4, 0.5) is 0 Å². The minimum Gasteiger partial charge on any atom is -0.392 e. The second-order valence-corrected chi connectivity index (χ2v) is 3.41. The Hall–Kier alpha value is -0.600. The van der Waals surface area contributed by atoms with Crippen LogP contribution in [0.1, 0.15) is 23.2 Å². The summed E-state index contributed by atoms with van der Waals surface area (Å²) in [7, 11) is 0. The normalized spacial score (nSPS) is 14.8. The first-order valence-electron chi connectivity index (χ1n) is 4.09. The van der Waals surface area contributed by atoms with Crippen LogP contribution in [0.3, 0.4) is 0 Å². The van der Waals surface area contributed by atoms with E-state index in [0.717, 1.165) is 30.5 Å². The molecular formula is C9H10ClNO. The number of aryl methyl sites for hydroxylation is 2. The maximum atomic E-state index is 8.93. The highest BCUT2D eigenvalue weighted by Crippen LogP contribution is 2.24. The first kappa shape index (κ1) is 8.02. The van der Waals surface area contributed by atoms with Crippen molar-refractivity contribution in [2.75, 3.05) is 0 Å². The Balaban J connectivity index is 2.49. The molecule has 1 aromatic rings. The molecule has 0 fully saturated rings. The smallest absolute Gasteiger partial charge is 0.134 e. The first-order valence-corrected chi connectivity index (χ1v) is 4.47. The highest BCUT2D eigenvalue weighted by molar-refractivity contribution is 6.30. The molecule has 0 saturated carbocycles. The van der Waals surface area contributed by atoms with Crippen molar-refractivity contribution in [1.82, 2.24) is 4.98 Å². The van der Waals surface area contributed by atoms with E-state index >= 15 is 0 Å². The molecule has 64 valence electrons. The molecule has 1 heterocycles. The highest BCUT2D eigenvalue weighted by Gasteiger charge is 2.14. The van der Waals surface area contributed by atoms with Crippen molar-refractivity contribution in [1.29, 1.82) is 0 Å². The van der Waals surface area contributed by atoms with Gasteiger partial charge in [0.05, 0.1) is 6.61 Å². The number of pyridine rings is 1. The van der Waals surface area contributed by atoms with Gasteiger partial charge in [0.15, 0.2) is 0 Å². The van der Waals surface area contributed by atoms with E-state index in [9.17, 15) is 0 Å². The van der Waals surface area contributed by atoms with Gasteiger partial charge < -0.3 is 5.11 Å². The predicted molar refractivity (Wildman–Crippen MR) is 47.2 cm³/mol. The number of nitrogens with zero attached hydrogens (tertiary/aromatic N) is 1. The molecule has 1 aliphatic rings. The van der Waals surface area contributed by atoms with Gasteiger partial charge in [-0.05, 0) is 30.9 Å². The van der Waals surface area contributed by atoms with Crippen molar-refractivity contribution in [2.45, 2.75) is 25.9 Å². The summed E-state index contributed by atoms with van der Waals surface area (Å²) in [4.78, 5) is 4.23. The molecule has 12 heavy (non-hydrogen) atoms. The fourth-order valence-corrected chi connectivity index (χ4v) is 1.82. The maximum Gasteiger partial charge on any atom is 0.134 e. The third-order valence-corrected chi connectivity index (χ3v) is 2.57. The molecule has 2 nitrogen and oxygen atoms in total. The van der Waals surface area contributed by atoms with Crippen LogP contribution in [0.5, 0.6) is 0 Å². The molecule has 1 aromatic heterocycles. The molecule has 0 saturated heterocycles. The van der Waals surface area contributed by atoms with Crippen LogP contribution in [-0.2, 0) is 19.4 Å². The van der Waals surface area contributed by atoms with Gasteiger partial charge in [0.25, 0.3) is 0 Å². The molecule has 0 aliphatic heterocycles. The number of hydrogen-bond donors (Lipinski definition) is 1. The van der Waals surface area contributed by atoms with Gasteiger partial charge in [-0.25, -0.2) is 4.98 Å². The number of aliphatic hydroxyl groups is 1. The molecule has 0 radical (unpaired) electrons. The van der Waals surface area contributed by atoms with Gasteiger partial charge in [-0.3, -0.25) is 0 Å². The lowest BCUT2D eigenvalue weighted by molar-refractivity contribution is 0.281. The van der Waals surface area contributed by atoms with Crippen LogP contribution in [0.2, 0.25) is 5.15 Å². The van der Waals surface area contributed by atoms with Crippen LogP contribution >= 0.6 is 11.6 Å². The number of hydrogen-bond acceptors (Lipinski definition) is 2. The minimum atomic E-state index is -0.0148. The third kappa shape index (κ3) is 1.21. The Morgan fingerprint density at radius 2 is 2.33 bits per heavy atom. The summed E-state index contributed by atoms with van der Waals surface area (Å²) in [6.45, 7) is -0.0148. The Kier molecular flexibility index (Phi) is 2.03. The van der Waals surface area contributed by atoms with E-state index in [1.807, 2.05) is 6.07 Å². The summed E-state index contributed by atoms with van der Waals surface area (Å²) in [6, 6.07) is 1.97. The van der Waals surface area contributed by atoms with Gasteiger partial charge in [0, 0.05) is 11.3 Å². The Bertz CT molecular complexity index is 311. The number of fused-ring (bicyclic) bond motifs is 1. The fraction of sp³-hybridized carbons (Fsp3) is 0.444. The van der Waals surface area contributed by atoms with Crippen LogP contribution in [0.15, 0.2) is 6.07 Å². The van der Waals surface area contributed by atoms with Gasteiger partial charge in [0.1, 0.15) is 5.15 Å². The van der Waals surface area contributed by atoms with Crippen LogP contribution in [0, 0.1) is 0 Å². The van der Waals surface area contributed by atoms with Crippen LogP contribution in [-0.4, -0.2) is 10.1 Å². The maximum absolute atomic E-state index is 8.93. The average Bonchev–Trinajstić information content (AvgIpc) is 2.49. The molecule has 3 heteroatoms. The summed E-state index contributed by atoms with van der Waals surface area (Å²) in [5.74, 6) is 0. The molecule has 1 aliphatic carbocycles. The summed E-state index contributed by atoms with van der Waals surface area (Å²) in [5, 5.41) is 9.38. The van der Waals surface area contributed by atoms with E-state index < -0.39 is 0 Å². The molecular weight excluding hydrogens is 174 g/mol. The molecule has 0 amide bonds. The largest absolute Gasteiger partial charge is 0.392 e. The molecule has 0 bridgehead atoms. The second kappa shape index (κ2) is 3.04. The SMILES string of the molecule is OCc1cc2c(nc1Cl)CCC2. The predicted octanol–water partition coefficient (Wildman–Crippen LogP) is 1.72. The monoisotopic (exact) mass is 183 g/mol. The number of rotatable bonds is 1. The topological polar surface area (TPSA) is 33.1 Å². The van der Waals surface area contributed by atoms with Crippen molar-refractivity contribution in [3.05, 3.63) is 28.0 Å². The summed E-state index contributed by atoms with van der Waals surface area (Å²) in [5.41, 5.74) is 3.11. The van der Waals surface area contributed by atoms with Crippen LogP contribution in [0.25, 0.3) is 0 Å². The van der Waals surface area contributed by atoms with Crippen molar-refractivity contribution >= 4 is 11.6 Å². The van der Waals surface area contributed by atoms with Gasteiger partial charge in [-0.1, -0.05) is 11.6 Å². The lowest BCUT2D eigenvalue weighted by Crippen LogP contribution is -1.94. The molecule has 0 unspecified atom stereocenters. The lowest BCUT2D eigenvalue weighted by atomic mass is 10.2. The zero-order valence-electron chi connectivity index (χ0n) is 6.68. The molecule has 0 aromatic carbocycles. The molecule has 2 rings (SSSR count). The Labute approximate surface area is 76.2 Å². The number of aromatic nitrogens is 1. The van der Waals surface area contributed by atoms with E-state index in [4.69, 9.17) is 16.7 Å². The highest BCUT2D eigenvalue weighted by atomic mass is 35.5. The first-order chi connectivity index (χ1) is 5.81. The van der Waals surface area contributed by atoms with Crippen molar-refractivity contribution < 1.29 is 5.11 Å². The molecule has 1 N–H and O–H groups in total. The molecule has 0 spiro atoms. The lowest BCUT2D eigenvalue weighted by Gasteiger charge is -2.03. The Morgan fingerprint density at radius 3 is 3.08 bits per heavy atom. The van der Waals surface area contributed by atoms with E-state index in [0.29, 0.717) is 5.15 Å². The second-order valence-electron chi connectivity index (χ2n) is 3.06. The van der Waals surface area contributed by atoms with Gasteiger partial charge in [0.2, 0.25) is 0 Å². The summed E-state index contributed by atoms with van der Waals surface area (Å²) >= 11 is 5.84. The average molecular weight is 184 g/mol. The van der Waals surface area contributed by atoms with E-state index in [-0.39, 0.29) is 6.61 Å². The van der Waals surface area contributed by atoms with Crippen molar-refractivity contribution in [3.63, 3.8) is 0 Å². The fourth-order valence-electron chi connectivity index (χ4n) is 1.61. The van der Waals surface area contributed by atoms with E-state index in [1.54, 1.807) is 0 Å². The summed E-state index contributed by atoms with van der Waals surface area (Å²) < 4.78 is 0. The third-order valence-electron chi connectivity index (χ3n) is 2.25. The van der Waals surface area contributed by atoms with E-state index in [1.165, 1.54) is 5.56 Å². The standard InChI is InChI=1S/C9H10ClNO/c10-9-7(5-12)4-6-2-1-3-8(6)11-9/h4,12H,1-3,5H2. The minimum absolute atomic E-state index is 0.0148. The summed E-state index contributed by atoms with van der Waals surface area (Å²) in [6.07, 6.45) is 3.26. The number of halogens is 1. The van der Waals surface area contributed by atoms with E-state index in [2.05, 4.69) is 4.98 Å². The van der Waals surface area contributed by atoms with Crippen molar-refractivity contribution in [3.8, 4) is 0 Å². The van der Waals surface area contributed by atoms with Crippen molar-refractivity contribution in [2.24, 2.45) is 0 Å². The quantitative estimate of drug-likeness (QED) is 0.673. The number of aliphatic hydroxyl groups excluding tert-OH is 1. The van der Waals surface area contributed by atoms with Gasteiger partial charge >= 0.3 is 0 Å². The van der Waals surface area contributed by atoms with Crippen LogP contribution < -0.4 is 0 Å². The zero-order chi connectivity index (χ0) is 8.55. The molecule has 0 atom stereocenters. The van der Waals surface area contributed by atoms with Gasteiger partial charge in [-0.15, -0.1) is 0 Å². The van der Waals surface area contributed by atoms with Gasteiger partial charge in [-0.2, -0.15) is 0 Å². The Morgan fingerprint density at radius 1 is 1.50 bits per heavy atom. The zero-order valence-corrected chi connectivity index (χ0v) is 7.43.